The van der Waals surface area contributed by atoms with Crippen LogP contribution in [0.25, 0.3) is 0 Å². The van der Waals surface area contributed by atoms with E-state index in [4.69, 9.17) is 15.4 Å². The van der Waals surface area contributed by atoms with Gasteiger partial charge in [-0.2, -0.15) is 0 Å². The van der Waals surface area contributed by atoms with Crippen molar-refractivity contribution in [1.29, 1.82) is 0 Å². The number of carboxylic acids is 1. The molecular weight excluding hydrogens is 280 g/mol. The largest absolute Gasteiger partial charge is 0.480 e. The highest BCUT2D eigenvalue weighted by atomic mass is 32.1. The Labute approximate surface area is 119 Å². The lowest BCUT2D eigenvalue weighted by Gasteiger charge is -2.12. The lowest BCUT2D eigenvalue weighted by molar-refractivity contribution is -0.138. The zero-order valence-electron chi connectivity index (χ0n) is 11.4. The summed E-state index contributed by atoms with van der Waals surface area (Å²) in [7, 11) is 0. The van der Waals surface area contributed by atoms with Gasteiger partial charge in [0.15, 0.2) is 5.13 Å². The first-order valence-electron chi connectivity index (χ1n) is 6.03. The molecule has 0 spiro atoms. The van der Waals surface area contributed by atoms with E-state index in [0.717, 1.165) is 17.0 Å². The fourth-order valence-corrected chi connectivity index (χ4v) is 2.82. The summed E-state index contributed by atoms with van der Waals surface area (Å²) in [6.45, 7) is 5.68. The van der Waals surface area contributed by atoms with E-state index in [2.05, 4.69) is 15.5 Å². The van der Waals surface area contributed by atoms with Crippen molar-refractivity contribution in [2.45, 2.75) is 32.9 Å². The van der Waals surface area contributed by atoms with E-state index in [9.17, 15) is 4.79 Å². The van der Waals surface area contributed by atoms with E-state index >= 15 is 0 Å². The number of hydrogen-bond donors (Lipinski definition) is 3. The van der Waals surface area contributed by atoms with Gasteiger partial charge in [-0.05, 0) is 20.8 Å². The standard InChI is InChI=1S/C12H16N4O3S/c1-5(9-6(2)16-19-7(9)3)14-12-15-8(4-20-12)10(13)11(17)18/h4-5,10H,13H2,1-3H3,(H,14,15)(H,17,18). The number of hydrogen-bond acceptors (Lipinski definition) is 7. The molecule has 0 fully saturated rings. The molecule has 2 rings (SSSR count). The third-order valence-corrected chi connectivity index (χ3v) is 3.76. The highest BCUT2D eigenvalue weighted by Crippen LogP contribution is 2.27. The van der Waals surface area contributed by atoms with Crippen LogP contribution in [-0.4, -0.2) is 21.2 Å². The van der Waals surface area contributed by atoms with Gasteiger partial charge in [0.25, 0.3) is 0 Å². The molecule has 108 valence electrons. The van der Waals surface area contributed by atoms with E-state index in [0.29, 0.717) is 10.8 Å². The van der Waals surface area contributed by atoms with Crippen LogP contribution in [0.1, 0.15) is 41.7 Å². The number of aromatic nitrogens is 2. The number of aryl methyl sites for hydroxylation is 2. The Hall–Kier alpha value is -1.93. The summed E-state index contributed by atoms with van der Waals surface area (Å²) < 4.78 is 5.12. The van der Waals surface area contributed by atoms with Crippen LogP contribution in [0.5, 0.6) is 0 Å². The van der Waals surface area contributed by atoms with Gasteiger partial charge in [0.05, 0.1) is 17.4 Å². The molecule has 4 N–H and O–H groups in total. The molecule has 2 atom stereocenters. The van der Waals surface area contributed by atoms with Gasteiger partial charge < -0.3 is 20.7 Å². The van der Waals surface area contributed by atoms with Crippen molar-refractivity contribution in [3.63, 3.8) is 0 Å². The van der Waals surface area contributed by atoms with Gasteiger partial charge in [0.2, 0.25) is 0 Å². The average Bonchev–Trinajstić information content (AvgIpc) is 2.95. The van der Waals surface area contributed by atoms with Crippen molar-refractivity contribution in [1.82, 2.24) is 10.1 Å². The summed E-state index contributed by atoms with van der Waals surface area (Å²) in [5, 5.41) is 18.2. The summed E-state index contributed by atoms with van der Waals surface area (Å²) in [4.78, 5) is 15.0. The van der Waals surface area contributed by atoms with Crippen molar-refractivity contribution < 1.29 is 14.4 Å². The van der Waals surface area contributed by atoms with Gasteiger partial charge in [-0.3, -0.25) is 4.79 Å². The monoisotopic (exact) mass is 296 g/mol. The molecule has 20 heavy (non-hydrogen) atoms. The minimum Gasteiger partial charge on any atom is -0.480 e. The van der Waals surface area contributed by atoms with Gasteiger partial charge in [-0.25, -0.2) is 4.98 Å². The molecule has 0 saturated heterocycles. The highest BCUT2D eigenvalue weighted by molar-refractivity contribution is 7.13. The molecule has 8 heteroatoms. The van der Waals surface area contributed by atoms with Crippen molar-refractivity contribution in [3.05, 3.63) is 28.1 Å². The zero-order valence-corrected chi connectivity index (χ0v) is 12.2. The Morgan fingerprint density at radius 3 is 2.80 bits per heavy atom. The number of carboxylic acid groups (broad SMARTS) is 1. The van der Waals surface area contributed by atoms with Gasteiger partial charge in [0, 0.05) is 10.9 Å². The van der Waals surface area contributed by atoms with Crippen LogP contribution in [0.2, 0.25) is 0 Å². The number of aliphatic carboxylic acids is 1. The molecule has 0 aliphatic heterocycles. The maximum atomic E-state index is 10.8. The number of nitrogens with two attached hydrogens (primary N) is 1. The summed E-state index contributed by atoms with van der Waals surface area (Å²) in [6.07, 6.45) is 0. The second kappa shape index (κ2) is 5.59. The molecule has 0 saturated carbocycles. The summed E-state index contributed by atoms with van der Waals surface area (Å²) >= 11 is 1.32. The number of nitrogens with one attached hydrogen (secondary N) is 1. The van der Waals surface area contributed by atoms with Crippen LogP contribution < -0.4 is 11.1 Å². The van der Waals surface area contributed by atoms with E-state index in [1.54, 1.807) is 5.38 Å². The molecule has 7 nitrogen and oxygen atoms in total. The summed E-state index contributed by atoms with van der Waals surface area (Å²) in [5.41, 5.74) is 7.66. The molecule has 0 aliphatic carbocycles. The van der Waals surface area contributed by atoms with Crippen LogP contribution in [0.3, 0.4) is 0 Å². The molecule has 2 unspecified atom stereocenters. The molecule has 2 aromatic rings. The third-order valence-electron chi connectivity index (χ3n) is 2.97. The minimum atomic E-state index is -1.10. The Balaban J connectivity index is 2.13. The predicted octanol–water partition coefficient (Wildman–Crippen LogP) is 2.01. The van der Waals surface area contributed by atoms with E-state index in [1.165, 1.54) is 11.3 Å². The second-order valence-electron chi connectivity index (χ2n) is 4.50. The second-order valence-corrected chi connectivity index (χ2v) is 5.36. The van der Waals surface area contributed by atoms with Crippen LogP contribution in [0.4, 0.5) is 5.13 Å². The molecular formula is C12H16N4O3S. The Bertz CT molecular complexity index is 603. The molecule has 2 aromatic heterocycles. The third kappa shape index (κ3) is 2.81. The maximum absolute atomic E-state index is 10.8. The van der Waals surface area contributed by atoms with Crippen molar-refractivity contribution in [2.24, 2.45) is 5.73 Å². The van der Waals surface area contributed by atoms with Crippen molar-refractivity contribution in [3.8, 4) is 0 Å². The van der Waals surface area contributed by atoms with Gasteiger partial charge >= 0.3 is 5.97 Å². The first-order chi connectivity index (χ1) is 9.40. The Morgan fingerprint density at radius 1 is 1.55 bits per heavy atom. The Morgan fingerprint density at radius 2 is 2.25 bits per heavy atom. The molecule has 0 bridgehead atoms. The van der Waals surface area contributed by atoms with Crippen LogP contribution in [0.15, 0.2) is 9.90 Å². The highest BCUT2D eigenvalue weighted by Gasteiger charge is 2.20. The number of carbonyl (C=O) groups is 1. The van der Waals surface area contributed by atoms with Crippen molar-refractivity contribution in [2.75, 3.05) is 5.32 Å². The molecule has 0 radical (unpaired) electrons. The fraction of sp³-hybridized carbons (Fsp3) is 0.417. The van der Waals surface area contributed by atoms with E-state index in [-0.39, 0.29) is 6.04 Å². The number of thiazole rings is 1. The number of nitrogens with zero attached hydrogens (tertiary/aromatic N) is 2. The normalized spacial score (nSPS) is 14.0. The first-order valence-corrected chi connectivity index (χ1v) is 6.91. The van der Waals surface area contributed by atoms with Crippen LogP contribution in [0, 0.1) is 13.8 Å². The zero-order chi connectivity index (χ0) is 14.9. The fourth-order valence-electron chi connectivity index (χ4n) is 1.99. The van der Waals surface area contributed by atoms with Gasteiger partial charge in [-0.1, -0.05) is 5.16 Å². The smallest absolute Gasteiger partial charge is 0.326 e. The van der Waals surface area contributed by atoms with Crippen molar-refractivity contribution >= 4 is 22.4 Å². The quantitative estimate of drug-likeness (QED) is 0.773. The lowest BCUT2D eigenvalue weighted by atomic mass is 10.1. The number of anilines is 1. The maximum Gasteiger partial charge on any atom is 0.326 e. The Kier molecular flexibility index (Phi) is 4.05. The minimum absolute atomic E-state index is 0.0405. The molecule has 0 aromatic carbocycles. The van der Waals surface area contributed by atoms with Gasteiger partial charge in [-0.15, -0.1) is 11.3 Å². The number of rotatable bonds is 5. The molecule has 0 aliphatic rings. The lowest BCUT2D eigenvalue weighted by Crippen LogP contribution is -2.21. The van der Waals surface area contributed by atoms with E-state index in [1.807, 2.05) is 20.8 Å². The van der Waals surface area contributed by atoms with Crippen LogP contribution in [-0.2, 0) is 4.79 Å². The molecule has 2 heterocycles. The predicted molar refractivity (Wildman–Crippen MR) is 74.7 cm³/mol. The summed E-state index contributed by atoms with van der Waals surface area (Å²) in [5.74, 6) is -0.345. The summed E-state index contributed by atoms with van der Waals surface area (Å²) in [6, 6.07) is -1.14. The first kappa shape index (κ1) is 14.5. The van der Waals surface area contributed by atoms with Gasteiger partial charge in [0.1, 0.15) is 11.8 Å². The molecule has 0 amide bonds. The average molecular weight is 296 g/mol. The van der Waals surface area contributed by atoms with Crippen LogP contribution >= 0.6 is 11.3 Å². The topological polar surface area (TPSA) is 114 Å². The van der Waals surface area contributed by atoms with E-state index < -0.39 is 12.0 Å². The SMILES string of the molecule is Cc1noc(C)c1C(C)Nc1nc(C(N)C(=O)O)cs1.